The fourth-order valence-corrected chi connectivity index (χ4v) is 5.44. The quantitative estimate of drug-likeness (QED) is 0.187. The fraction of sp³-hybridized carbons (Fsp3) is 0.294. The van der Waals surface area contributed by atoms with Crippen LogP contribution in [0.5, 0.6) is 0 Å². The Morgan fingerprint density at radius 3 is 2.39 bits per heavy atom. The van der Waals surface area contributed by atoms with E-state index in [1.165, 1.54) is 12.1 Å². The average molecular weight is 550 g/mol. The topological polar surface area (TPSA) is 88.9 Å². The van der Waals surface area contributed by atoms with Gasteiger partial charge >= 0.3 is 0 Å². The van der Waals surface area contributed by atoms with Crippen molar-refractivity contribution in [3.05, 3.63) is 94.8 Å². The number of carbonyl (C=O) groups excluding carboxylic acids is 2. The molecule has 2 heterocycles. The summed E-state index contributed by atoms with van der Waals surface area (Å²) >= 11 is 0. The van der Waals surface area contributed by atoms with E-state index in [-0.39, 0.29) is 28.7 Å². The summed E-state index contributed by atoms with van der Waals surface area (Å²) in [6, 6.07) is 17.5. The number of hydrogen-bond donors (Lipinski definition) is 1. The number of carbonyl (C=O) groups is 2. The number of ketones is 2. The van der Waals surface area contributed by atoms with Crippen molar-refractivity contribution in [2.24, 2.45) is 0 Å². The molecule has 0 spiro atoms. The number of furan rings is 1. The van der Waals surface area contributed by atoms with Crippen LogP contribution in [0.25, 0.3) is 33.4 Å². The highest BCUT2D eigenvalue weighted by atomic mass is 19.1. The standard InChI is InChI=1S/C34H32FN3O3/c1-5-27(39)30-26-16-22(10-13-29(26)41-31(30)21-8-11-24(35)12-9-21)25-17-23(7-6-20(25)4)28(40)18-34(14-15-34)33-36-32(19(2)3)37-38-33/h6-13,16-17,19H,5,14-15,18H2,1-4H3,(H,36,37,38). The Hall–Kier alpha value is -4.39. The van der Waals surface area contributed by atoms with Crippen LogP contribution in [0.1, 0.15) is 90.3 Å². The second-order valence-corrected chi connectivity index (χ2v) is 11.4. The molecule has 1 aliphatic rings. The average Bonchev–Trinajstić information content (AvgIpc) is 3.39. The maximum atomic E-state index is 13.6. The Balaban J connectivity index is 1.36. The normalized spacial score (nSPS) is 14.1. The van der Waals surface area contributed by atoms with Crippen LogP contribution in [0.4, 0.5) is 4.39 Å². The SMILES string of the molecule is CCC(=O)c1c(-c2ccc(F)cc2)oc2ccc(-c3cc(C(=O)CC4(c5n[nH]c(C(C)C)n5)CC4)ccc3C)cc12. The third kappa shape index (κ3) is 4.90. The molecule has 1 saturated carbocycles. The minimum atomic E-state index is -0.353. The summed E-state index contributed by atoms with van der Waals surface area (Å²) in [6.07, 6.45) is 2.46. The summed E-state index contributed by atoms with van der Waals surface area (Å²) in [7, 11) is 0. The van der Waals surface area contributed by atoms with Gasteiger partial charge in [0, 0.05) is 40.7 Å². The van der Waals surface area contributed by atoms with Crippen LogP contribution in [0.3, 0.4) is 0 Å². The Morgan fingerprint density at radius 1 is 1.00 bits per heavy atom. The van der Waals surface area contributed by atoms with Crippen molar-refractivity contribution in [2.75, 3.05) is 0 Å². The Kier molecular flexibility index (Phi) is 6.68. The monoisotopic (exact) mass is 549 g/mol. The van der Waals surface area contributed by atoms with Crippen LogP contribution in [-0.2, 0) is 5.41 Å². The van der Waals surface area contributed by atoms with E-state index >= 15 is 0 Å². The minimum absolute atomic E-state index is 0.0526. The van der Waals surface area contributed by atoms with E-state index in [1.807, 2.05) is 50.2 Å². The van der Waals surface area contributed by atoms with Crippen molar-refractivity contribution in [2.45, 2.75) is 64.7 Å². The first-order valence-electron chi connectivity index (χ1n) is 14.1. The number of aromatic nitrogens is 3. The largest absolute Gasteiger partial charge is 0.455 e. The lowest BCUT2D eigenvalue weighted by Gasteiger charge is -2.13. The molecule has 6 nitrogen and oxygen atoms in total. The highest BCUT2D eigenvalue weighted by Gasteiger charge is 2.49. The maximum absolute atomic E-state index is 13.6. The molecule has 0 unspecified atom stereocenters. The molecule has 2 aromatic heterocycles. The smallest absolute Gasteiger partial charge is 0.167 e. The summed E-state index contributed by atoms with van der Waals surface area (Å²) in [5.74, 6) is 1.91. The Labute approximate surface area is 238 Å². The number of rotatable bonds is 9. The second kappa shape index (κ2) is 10.2. The van der Waals surface area contributed by atoms with Gasteiger partial charge in [-0.2, -0.15) is 5.10 Å². The zero-order valence-electron chi connectivity index (χ0n) is 23.7. The number of aryl methyl sites for hydroxylation is 1. The highest BCUT2D eigenvalue weighted by molar-refractivity contribution is 6.12. The van der Waals surface area contributed by atoms with Gasteiger partial charge < -0.3 is 4.42 Å². The predicted octanol–water partition coefficient (Wildman–Crippen LogP) is 8.35. The lowest BCUT2D eigenvalue weighted by Crippen LogP contribution is -2.16. The molecule has 1 N–H and O–H groups in total. The zero-order chi connectivity index (χ0) is 28.9. The fourth-order valence-electron chi connectivity index (χ4n) is 5.44. The molecule has 7 heteroatoms. The van der Waals surface area contributed by atoms with Crippen LogP contribution in [0.15, 0.2) is 65.1 Å². The third-order valence-corrected chi connectivity index (χ3v) is 8.14. The molecular formula is C34H32FN3O3. The lowest BCUT2D eigenvalue weighted by atomic mass is 9.91. The van der Waals surface area contributed by atoms with Gasteiger partial charge in [-0.3, -0.25) is 14.7 Å². The van der Waals surface area contributed by atoms with Crippen molar-refractivity contribution in [1.82, 2.24) is 15.2 Å². The van der Waals surface area contributed by atoms with Crippen LogP contribution in [0, 0.1) is 12.7 Å². The summed E-state index contributed by atoms with van der Waals surface area (Å²) < 4.78 is 19.7. The van der Waals surface area contributed by atoms with E-state index in [1.54, 1.807) is 12.1 Å². The van der Waals surface area contributed by atoms with Crippen molar-refractivity contribution in [1.29, 1.82) is 0 Å². The van der Waals surface area contributed by atoms with Crippen molar-refractivity contribution in [3.8, 4) is 22.5 Å². The number of aromatic amines is 1. The van der Waals surface area contributed by atoms with E-state index in [2.05, 4.69) is 29.0 Å². The van der Waals surface area contributed by atoms with E-state index in [9.17, 15) is 14.0 Å². The molecule has 0 amide bonds. The zero-order valence-corrected chi connectivity index (χ0v) is 23.7. The molecule has 0 aliphatic heterocycles. The van der Waals surface area contributed by atoms with E-state index in [0.29, 0.717) is 46.3 Å². The maximum Gasteiger partial charge on any atom is 0.167 e. The molecule has 1 fully saturated rings. The molecule has 3 aromatic carbocycles. The second-order valence-electron chi connectivity index (χ2n) is 11.4. The van der Waals surface area contributed by atoms with Crippen LogP contribution < -0.4 is 0 Å². The molecule has 0 atom stereocenters. The van der Waals surface area contributed by atoms with Gasteiger partial charge in [-0.15, -0.1) is 0 Å². The van der Waals surface area contributed by atoms with E-state index in [4.69, 9.17) is 4.42 Å². The number of nitrogens with zero attached hydrogens (tertiary/aromatic N) is 2. The van der Waals surface area contributed by atoms with Crippen LogP contribution >= 0.6 is 0 Å². The molecular weight excluding hydrogens is 517 g/mol. The minimum Gasteiger partial charge on any atom is -0.455 e. The summed E-state index contributed by atoms with van der Waals surface area (Å²) in [5, 5.41) is 8.17. The number of Topliss-reactive ketones (excluding diaryl/α,β-unsaturated/α-hetero) is 2. The molecule has 0 saturated heterocycles. The van der Waals surface area contributed by atoms with Gasteiger partial charge in [-0.1, -0.05) is 39.0 Å². The highest BCUT2D eigenvalue weighted by Crippen LogP contribution is 2.50. The lowest BCUT2D eigenvalue weighted by molar-refractivity contribution is 0.0965. The number of benzene rings is 3. The number of halogens is 1. The molecule has 1 aliphatic carbocycles. The van der Waals surface area contributed by atoms with Crippen LogP contribution in [-0.4, -0.2) is 26.7 Å². The van der Waals surface area contributed by atoms with Crippen molar-refractivity contribution >= 4 is 22.5 Å². The van der Waals surface area contributed by atoms with Gasteiger partial charge in [0.05, 0.1) is 5.56 Å². The summed E-state index contributed by atoms with van der Waals surface area (Å²) in [4.78, 5) is 31.3. The first-order valence-corrected chi connectivity index (χ1v) is 14.1. The van der Waals surface area contributed by atoms with Crippen molar-refractivity contribution < 1.29 is 18.4 Å². The third-order valence-electron chi connectivity index (χ3n) is 8.14. The van der Waals surface area contributed by atoms with Gasteiger partial charge in [0.15, 0.2) is 17.4 Å². The van der Waals surface area contributed by atoms with Crippen LogP contribution in [0.2, 0.25) is 0 Å². The number of hydrogen-bond acceptors (Lipinski definition) is 5. The Morgan fingerprint density at radius 2 is 1.73 bits per heavy atom. The van der Waals surface area contributed by atoms with E-state index in [0.717, 1.165) is 41.2 Å². The summed E-state index contributed by atoms with van der Waals surface area (Å²) in [5.41, 5.74) is 4.88. The molecule has 0 radical (unpaired) electrons. The molecule has 5 aromatic rings. The predicted molar refractivity (Wildman–Crippen MR) is 157 cm³/mol. The van der Waals surface area contributed by atoms with Gasteiger partial charge in [-0.05, 0) is 78.9 Å². The van der Waals surface area contributed by atoms with Gasteiger partial charge in [0.25, 0.3) is 0 Å². The molecule has 0 bridgehead atoms. The molecule has 208 valence electrons. The van der Waals surface area contributed by atoms with E-state index < -0.39 is 0 Å². The first kappa shape index (κ1) is 26.8. The summed E-state index contributed by atoms with van der Waals surface area (Å²) in [6.45, 7) is 7.95. The van der Waals surface area contributed by atoms with Gasteiger partial charge in [0.2, 0.25) is 0 Å². The Bertz CT molecular complexity index is 1790. The number of H-pyrrole nitrogens is 1. The van der Waals surface area contributed by atoms with Crippen molar-refractivity contribution in [3.63, 3.8) is 0 Å². The molecule has 41 heavy (non-hydrogen) atoms. The first-order chi connectivity index (χ1) is 19.7. The van der Waals surface area contributed by atoms with Gasteiger partial charge in [-0.25, -0.2) is 9.37 Å². The number of fused-ring (bicyclic) bond motifs is 1. The van der Waals surface area contributed by atoms with Gasteiger partial charge in [0.1, 0.15) is 23.0 Å². The number of nitrogens with one attached hydrogen (secondary N) is 1. The molecule has 6 rings (SSSR count).